The maximum atomic E-state index is 12.1. The van der Waals surface area contributed by atoms with Gasteiger partial charge in [0.15, 0.2) is 12.3 Å². The lowest BCUT2D eigenvalue weighted by molar-refractivity contribution is -0.123. The van der Waals surface area contributed by atoms with E-state index in [4.69, 9.17) is 16.0 Å². The summed E-state index contributed by atoms with van der Waals surface area (Å²) in [6.07, 6.45) is 2.34. The number of aliphatic hydroxyl groups is 1. The average Bonchev–Trinajstić information content (AvgIpc) is 2.94. The predicted octanol–water partition coefficient (Wildman–Crippen LogP) is 3.11. The molecule has 4 N–H and O–H groups in total. The Morgan fingerprint density at radius 2 is 1.92 bits per heavy atom. The van der Waals surface area contributed by atoms with Crippen molar-refractivity contribution in [2.75, 3.05) is 26.3 Å². The summed E-state index contributed by atoms with van der Waals surface area (Å²) in [6, 6.07) is 13.0. The summed E-state index contributed by atoms with van der Waals surface area (Å²) in [4.78, 5) is 26.9. The van der Waals surface area contributed by atoms with Gasteiger partial charge in [0.1, 0.15) is 11.5 Å². The zero-order valence-electron chi connectivity index (χ0n) is 22.5. The number of nitrogens with one attached hydrogen (secondary N) is 3. The Bertz CT molecular complexity index is 1170. The quantitative estimate of drug-likeness (QED) is 0.205. The molecule has 1 heterocycles. The van der Waals surface area contributed by atoms with E-state index < -0.39 is 6.10 Å². The highest BCUT2D eigenvalue weighted by atomic mass is 16.5. The smallest absolute Gasteiger partial charge is 0.257 e. The lowest BCUT2D eigenvalue weighted by Crippen LogP contribution is -2.32. The maximum absolute atomic E-state index is 12.1. The third kappa shape index (κ3) is 10.4. The third-order valence-corrected chi connectivity index (χ3v) is 6.06. The van der Waals surface area contributed by atoms with E-state index in [2.05, 4.69) is 26.0 Å². The first kappa shape index (κ1) is 29.6. The van der Waals surface area contributed by atoms with Crippen LogP contribution in [0.4, 0.5) is 5.69 Å². The minimum atomic E-state index is -0.462. The van der Waals surface area contributed by atoms with Gasteiger partial charge >= 0.3 is 0 Å². The van der Waals surface area contributed by atoms with Crippen LogP contribution < -0.4 is 25.5 Å². The number of ether oxygens (including phenoxy) is 2. The first-order valence-corrected chi connectivity index (χ1v) is 13.2. The number of hydrogen-bond acceptors (Lipinski definition) is 7. The second kappa shape index (κ2) is 15.5. The molecule has 0 saturated heterocycles. The first-order valence-electron chi connectivity index (χ1n) is 13.2. The summed E-state index contributed by atoms with van der Waals surface area (Å²) in [5, 5.41) is 20.2. The van der Waals surface area contributed by atoms with Crippen LogP contribution in [-0.2, 0) is 16.0 Å². The maximum Gasteiger partial charge on any atom is 0.257 e. The number of amides is 2. The molecule has 0 fully saturated rings. The van der Waals surface area contributed by atoms with Crippen LogP contribution in [0, 0.1) is 6.57 Å². The number of carbonyl (C=O) groups excluding carboxylic acids is 2. The van der Waals surface area contributed by atoms with Crippen molar-refractivity contribution in [2.45, 2.75) is 58.1 Å². The molecule has 2 aromatic carbocycles. The zero-order valence-corrected chi connectivity index (χ0v) is 22.5. The number of rotatable bonds is 15. The van der Waals surface area contributed by atoms with E-state index in [9.17, 15) is 14.7 Å². The van der Waals surface area contributed by atoms with Crippen LogP contribution in [0.2, 0.25) is 0 Å². The fraction of sp³-hybridized carbons (Fsp3) is 0.448. The minimum absolute atomic E-state index is 0.0850. The van der Waals surface area contributed by atoms with Gasteiger partial charge < -0.3 is 25.2 Å². The van der Waals surface area contributed by atoms with Crippen molar-refractivity contribution in [2.24, 2.45) is 5.10 Å². The van der Waals surface area contributed by atoms with Gasteiger partial charge in [-0.05, 0) is 66.8 Å². The lowest BCUT2D eigenvalue weighted by atomic mass is 10.0. The highest BCUT2D eigenvalue weighted by molar-refractivity contribution is 6.04. The predicted molar refractivity (Wildman–Crippen MR) is 149 cm³/mol. The van der Waals surface area contributed by atoms with Crippen LogP contribution in [0.5, 0.6) is 11.5 Å². The SMILES string of the molecule is [C-]#[N+]c1cc(OCCCNC(=O)COc2ccc(C3=NNC(=O)CC3)cc2)ccc1CC[C@@H](O)CNC(C)C. The second-order valence-electron chi connectivity index (χ2n) is 9.62. The largest absolute Gasteiger partial charge is 0.495 e. The van der Waals surface area contributed by atoms with Crippen LogP contribution in [0.1, 0.15) is 50.7 Å². The molecular formula is C29H37N5O5. The first-order chi connectivity index (χ1) is 18.8. The number of benzene rings is 2. The molecule has 208 valence electrons. The van der Waals surface area contributed by atoms with Crippen molar-refractivity contribution < 1.29 is 24.2 Å². The Morgan fingerprint density at radius 3 is 2.62 bits per heavy atom. The molecule has 39 heavy (non-hydrogen) atoms. The monoisotopic (exact) mass is 535 g/mol. The van der Waals surface area contributed by atoms with E-state index in [1.54, 1.807) is 18.2 Å². The van der Waals surface area contributed by atoms with E-state index in [1.807, 2.05) is 38.1 Å². The van der Waals surface area contributed by atoms with Gasteiger partial charge in [0.05, 0.1) is 25.0 Å². The number of nitrogens with zero attached hydrogens (tertiary/aromatic N) is 2. The summed E-state index contributed by atoms with van der Waals surface area (Å²) in [6.45, 7) is 12.8. The molecule has 0 unspecified atom stereocenters. The molecule has 0 aliphatic carbocycles. The fourth-order valence-corrected chi connectivity index (χ4v) is 3.86. The van der Waals surface area contributed by atoms with E-state index >= 15 is 0 Å². The zero-order chi connectivity index (χ0) is 28.0. The molecule has 10 heteroatoms. The molecule has 1 atom stereocenters. The van der Waals surface area contributed by atoms with Crippen molar-refractivity contribution >= 4 is 23.2 Å². The summed E-state index contributed by atoms with van der Waals surface area (Å²) in [5.41, 5.74) is 5.60. The molecule has 2 amide bonds. The van der Waals surface area contributed by atoms with Gasteiger partial charge in [-0.1, -0.05) is 19.9 Å². The van der Waals surface area contributed by atoms with Crippen molar-refractivity contribution in [3.63, 3.8) is 0 Å². The van der Waals surface area contributed by atoms with Gasteiger partial charge in [-0.15, -0.1) is 0 Å². The molecule has 0 spiro atoms. The third-order valence-electron chi connectivity index (χ3n) is 6.06. The number of carbonyl (C=O) groups is 2. The summed E-state index contributed by atoms with van der Waals surface area (Å²) in [7, 11) is 0. The van der Waals surface area contributed by atoms with Crippen LogP contribution >= 0.6 is 0 Å². The van der Waals surface area contributed by atoms with Crippen LogP contribution in [-0.4, -0.2) is 61.1 Å². The van der Waals surface area contributed by atoms with Gasteiger partial charge in [-0.3, -0.25) is 9.59 Å². The molecule has 3 rings (SSSR count). The fourth-order valence-electron chi connectivity index (χ4n) is 3.86. The molecule has 1 aliphatic heterocycles. The van der Waals surface area contributed by atoms with Crippen LogP contribution in [0.15, 0.2) is 47.6 Å². The molecule has 0 saturated carbocycles. The number of hydrazone groups is 1. The summed E-state index contributed by atoms with van der Waals surface area (Å²) in [5.74, 6) is 0.854. The lowest BCUT2D eigenvalue weighted by Gasteiger charge is -2.15. The Labute approximate surface area is 229 Å². The molecule has 2 aromatic rings. The Hall–Kier alpha value is -3.94. The number of aryl methyl sites for hydroxylation is 1. The standard InChI is InChI=1S/C29H37N5O5/c1-20(2)32-18-23(35)9-5-22-8-12-25(17-27(22)30-3)38-16-4-15-31-29(37)19-39-24-10-6-21(7-11-24)26-13-14-28(36)34-33-26/h6-8,10-12,17,20,23,32,35H,4-5,9,13-16,18-19H2,1-2H3,(H,31,37)(H,34,36)/t23-/m1/s1. The van der Waals surface area contributed by atoms with E-state index in [-0.39, 0.29) is 18.4 Å². The number of hydrogen-bond donors (Lipinski definition) is 4. The van der Waals surface area contributed by atoms with E-state index in [0.717, 1.165) is 16.8 Å². The van der Waals surface area contributed by atoms with E-state index in [1.165, 1.54) is 0 Å². The van der Waals surface area contributed by atoms with E-state index in [0.29, 0.717) is 75.0 Å². The molecule has 10 nitrogen and oxygen atoms in total. The molecule has 0 aromatic heterocycles. The van der Waals surface area contributed by atoms with Gasteiger partial charge in [-0.2, -0.15) is 5.10 Å². The van der Waals surface area contributed by atoms with Gasteiger partial charge in [-0.25, -0.2) is 10.3 Å². The summed E-state index contributed by atoms with van der Waals surface area (Å²) >= 11 is 0. The van der Waals surface area contributed by atoms with Crippen molar-refractivity contribution in [1.29, 1.82) is 0 Å². The summed E-state index contributed by atoms with van der Waals surface area (Å²) < 4.78 is 11.3. The highest BCUT2D eigenvalue weighted by Crippen LogP contribution is 2.27. The molecule has 0 radical (unpaired) electrons. The van der Waals surface area contributed by atoms with Gasteiger partial charge in [0.25, 0.3) is 5.91 Å². The molecule has 0 bridgehead atoms. The minimum Gasteiger partial charge on any atom is -0.495 e. The Kier molecular flexibility index (Phi) is 11.7. The second-order valence-corrected chi connectivity index (χ2v) is 9.62. The van der Waals surface area contributed by atoms with Gasteiger partial charge in [0.2, 0.25) is 5.91 Å². The average molecular weight is 536 g/mol. The van der Waals surface area contributed by atoms with Crippen molar-refractivity contribution in [3.05, 3.63) is 65.0 Å². The highest BCUT2D eigenvalue weighted by Gasteiger charge is 2.13. The number of aliphatic hydroxyl groups excluding tert-OH is 1. The van der Waals surface area contributed by atoms with Crippen molar-refractivity contribution in [1.82, 2.24) is 16.1 Å². The Morgan fingerprint density at radius 1 is 1.15 bits per heavy atom. The van der Waals surface area contributed by atoms with Crippen LogP contribution in [0.25, 0.3) is 4.85 Å². The molecular weight excluding hydrogens is 498 g/mol. The van der Waals surface area contributed by atoms with Crippen LogP contribution in [0.3, 0.4) is 0 Å². The molecule has 1 aliphatic rings. The van der Waals surface area contributed by atoms with Gasteiger partial charge in [0, 0.05) is 32.0 Å². The Balaban J connectivity index is 1.32. The van der Waals surface area contributed by atoms with Crippen molar-refractivity contribution in [3.8, 4) is 11.5 Å². The normalized spacial score (nSPS) is 13.7. The topological polar surface area (TPSA) is 126 Å².